The number of hydrogen-bond acceptors (Lipinski definition) is 5. The number of carbonyl (C=O) groups is 2. The van der Waals surface area contributed by atoms with Gasteiger partial charge in [0.2, 0.25) is 0 Å². The second kappa shape index (κ2) is 7.42. The summed E-state index contributed by atoms with van der Waals surface area (Å²) < 4.78 is 10.6. The average Bonchev–Trinajstić information content (AvgIpc) is 2.73. The molecule has 0 aromatic heterocycles. The quantitative estimate of drug-likeness (QED) is 0.826. The van der Waals surface area contributed by atoms with Gasteiger partial charge in [0.25, 0.3) is 5.91 Å². The van der Waals surface area contributed by atoms with Crippen LogP contribution < -0.4 is 15.4 Å². The molecule has 0 saturated carbocycles. The third kappa shape index (κ3) is 3.24. The van der Waals surface area contributed by atoms with E-state index in [1.54, 1.807) is 28.0 Å². The number of benzene rings is 2. The van der Waals surface area contributed by atoms with E-state index < -0.39 is 0 Å². The first kappa shape index (κ1) is 18.2. The summed E-state index contributed by atoms with van der Waals surface area (Å²) in [7, 11) is 1.53. The normalized spacial score (nSPS) is 17.1. The minimum absolute atomic E-state index is 0.00585. The number of nitrogens with two attached hydrogens (primary N) is 1. The molecule has 2 heterocycles. The van der Waals surface area contributed by atoms with E-state index in [-0.39, 0.29) is 18.0 Å². The van der Waals surface area contributed by atoms with Gasteiger partial charge in [0.15, 0.2) is 0 Å². The number of carbonyl (C=O) groups excluding carboxylic acids is 2. The van der Waals surface area contributed by atoms with Crippen molar-refractivity contribution >= 4 is 23.4 Å². The third-order valence-corrected chi connectivity index (χ3v) is 5.37. The van der Waals surface area contributed by atoms with Gasteiger partial charge in [-0.05, 0) is 31.0 Å². The molecule has 0 unspecified atom stereocenters. The van der Waals surface area contributed by atoms with Gasteiger partial charge in [-0.25, -0.2) is 4.79 Å². The van der Waals surface area contributed by atoms with E-state index in [9.17, 15) is 9.59 Å². The molecular weight excluding hydrogens is 358 g/mol. The summed E-state index contributed by atoms with van der Waals surface area (Å²) in [6.07, 6.45) is 1.06. The van der Waals surface area contributed by atoms with Crippen LogP contribution in [0.2, 0.25) is 0 Å². The lowest BCUT2D eigenvalue weighted by atomic mass is 10.00. The van der Waals surface area contributed by atoms with E-state index in [0.717, 1.165) is 11.3 Å². The highest BCUT2D eigenvalue weighted by Crippen LogP contribution is 2.32. The van der Waals surface area contributed by atoms with E-state index in [0.29, 0.717) is 49.5 Å². The Bertz CT molecular complexity index is 906. The van der Waals surface area contributed by atoms with Crippen molar-refractivity contribution in [3.63, 3.8) is 0 Å². The molecule has 7 heteroatoms. The van der Waals surface area contributed by atoms with Crippen LogP contribution in [0.3, 0.4) is 0 Å². The number of ether oxygens (including phenoxy) is 2. The molecule has 2 N–H and O–H groups in total. The van der Waals surface area contributed by atoms with E-state index in [1.165, 1.54) is 7.11 Å². The summed E-state index contributed by atoms with van der Waals surface area (Å²) in [6.45, 7) is 1.42. The average molecular weight is 381 g/mol. The number of rotatable bonds is 3. The molecule has 0 spiro atoms. The minimum atomic E-state index is -0.316. The molecule has 0 atom stereocenters. The molecule has 28 heavy (non-hydrogen) atoms. The topological polar surface area (TPSA) is 85.1 Å². The largest absolute Gasteiger partial charge is 0.496 e. The third-order valence-electron chi connectivity index (χ3n) is 5.37. The number of likely N-dealkylation sites (tertiary alicyclic amines) is 1. The van der Waals surface area contributed by atoms with Crippen molar-refractivity contribution in [3.8, 4) is 5.75 Å². The number of amides is 2. The summed E-state index contributed by atoms with van der Waals surface area (Å²) in [4.78, 5) is 28.9. The zero-order valence-corrected chi connectivity index (χ0v) is 15.8. The Labute approximate surface area is 163 Å². The first-order chi connectivity index (χ1) is 13.6. The SMILES string of the molecule is COc1cc(N)ccc1C(=O)N1CCC(N2C(=O)OCc3ccccc32)CC1. The number of nitrogen functional groups attached to an aromatic ring is 1. The molecule has 2 aliphatic rings. The predicted molar refractivity (Wildman–Crippen MR) is 105 cm³/mol. The number of hydrogen-bond donors (Lipinski definition) is 1. The predicted octanol–water partition coefficient (Wildman–Crippen LogP) is 3.04. The first-order valence-electron chi connectivity index (χ1n) is 9.35. The molecule has 1 saturated heterocycles. The van der Waals surface area contributed by atoms with E-state index >= 15 is 0 Å². The van der Waals surface area contributed by atoms with E-state index in [4.69, 9.17) is 15.2 Å². The number of piperidine rings is 1. The molecular formula is C21H23N3O4. The lowest BCUT2D eigenvalue weighted by Gasteiger charge is -2.40. The molecule has 4 rings (SSSR count). The Balaban J connectivity index is 1.48. The Morgan fingerprint density at radius 1 is 1.18 bits per heavy atom. The highest BCUT2D eigenvalue weighted by molar-refractivity contribution is 5.97. The Kier molecular flexibility index (Phi) is 4.81. The first-order valence-corrected chi connectivity index (χ1v) is 9.35. The van der Waals surface area contributed by atoms with E-state index in [2.05, 4.69) is 0 Å². The van der Waals surface area contributed by atoms with Crippen molar-refractivity contribution < 1.29 is 19.1 Å². The van der Waals surface area contributed by atoms with Crippen LogP contribution in [0, 0.1) is 0 Å². The van der Waals surface area contributed by atoms with Crippen LogP contribution in [0.25, 0.3) is 0 Å². The highest BCUT2D eigenvalue weighted by Gasteiger charge is 2.35. The minimum Gasteiger partial charge on any atom is -0.496 e. The Hall–Kier alpha value is -3.22. The van der Waals surface area contributed by atoms with Crippen molar-refractivity contribution in [3.05, 3.63) is 53.6 Å². The van der Waals surface area contributed by atoms with Crippen LogP contribution in [0.15, 0.2) is 42.5 Å². The van der Waals surface area contributed by atoms with Crippen LogP contribution in [-0.4, -0.2) is 43.1 Å². The van der Waals surface area contributed by atoms with Gasteiger partial charge in [-0.3, -0.25) is 9.69 Å². The summed E-state index contributed by atoms with van der Waals surface area (Å²) in [5.74, 6) is 0.387. The Morgan fingerprint density at radius 3 is 2.68 bits per heavy atom. The van der Waals surface area contributed by atoms with Gasteiger partial charge < -0.3 is 20.1 Å². The summed E-state index contributed by atoms with van der Waals surface area (Å²) in [5.41, 5.74) is 8.74. The summed E-state index contributed by atoms with van der Waals surface area (Å²) >= 11 is 0. The van der Waals surface area contributed by atoms with Gasteiger partial charge >= 0.3 is 6.09 Å². The fourth-order valence-electron chi connectivity index (χ4n) is 3.90. The smallest absolute Gasteiger partial charge is 0.414 e. The van der Waals surface area contributed by atoms with Crippen LogP contribution in [-0.2, 0) is 11.3 Å². The van der Waals surface area contributed by atoms with Crippen LogP contribution in [0.5, 0.6) is 5.75 Å². The second-order valence-corrected chi connectivity index (χ2v) is 7.04. The maximum atomic E-state index is 12.9. The van der Waals surface area contributed by atoms with Crippen molar-refractivity contribution in [2.24, 2.45) is 0 Å². The lowest BCUT2D eigenvalue weighted by molar-refractivity contribution is 0.0705. The number of fused-ring (bicyclic) bond motifs is 1. The molecule has 2 amide bonds. The molecule has 2 aliphatic heterocycles. The summed E-state index contributed by atoms with van der Waals surface area (Å²) in [5, 5.41) is 0. The Morgan fingerprint density at radius 2 is 1.93 bits per heavy atom. The van der Waals surface area contributed by atoms with Gasteiger partial charge in [0.1, 0.15) is 12.4 Å². The molecule has 2 aromatic rings. The maximum absolute atomic E-state index is 12.9. The zero-order chi connectivity index (χ0) is 19.7. The second-order valence-electron chi connectivity index (χ2n) is 7.04. The zero-order valence-electron chi connectivity index (χ0n) is 15.8. The molecule has 0 radical (unpaired) electrons. The number of nitrogens with zero attached hydrogens (tertiary/aromatic N) is 2. The summed E-state index contributed by atoms with van der Waals surface area (Å²) in [6, 6.07) is 12.8. The molecule has 7 nitrogen and oxygen atoms in total. The highest BCUT2D eigenvalue weighted by atomic mass is 16.6. The number of anilines is 2. The molecule has 2 aromatic carbocycles. The number of para-hydroxylation sites is 1. The molecule has 1 fully saturated rings. The van der Waals surface area contributed by atoms with Gasteiger partial charge in [-0.2, -0.15) is 0 Å². The number of methoxy groups -OCH3 is 1. The van der Waals surface area contributed by atoms with Crippen molar-refractivity contribution in [2.75, 3.05) is 30.8 Å². The van der Waals surface area contributed by atoms with Crippen LogP contribution >= 0.6 is 0 Å². The fraction of sp³-hybridized carbons (Fsp3) is 0.333. The molecule has 0 aliphatic carbocycles. The monoisotopic (exact) mass is 381 g/mol. The van der Waals surface area contributed by atoms with Crippen LogP contribution in [0.4, 0.5) is 16.2 Å². The maximum Gasteiger partial charge on any atom is 0.414 e. The molecule has 0 bridgehead atoms. The van der Waals surface area contributed by atoms with Gasteiger partial charge in [0.05, 0.1) is 18.4 Å². The lowest BCUT2D eigenvalue weighted by Crippen LogP contribution is -2.50. The van der Waals surface area contributed by atoms with Gasteiger partial charge in [0, 0.05) is 36.4 Å². The molecule has 146 valence electrons. The number of cyclic esters (lactones) is 1. The van der Waals surface area contributed by atoms with Crippen molar-refractivity contribution in [1.82, 2.24) is 4.90 Å². The van der Waals surface area contributed by atoms with Gasteiger partial charge in [-0.1, -0.05) is 18.2 Å². The van der Waals surface area contributed by atoms with E-state index in [1.807, 2.05) is 24.3 Å². The van der Waals surface area contributed by atoms with Crippen LogP contribution in [0.1, 0.15) is 28.8 Å². The standard InChI is InChI=1S/C21H23N3O4/c1-27-19-12-15(22)6-7-17(19)20(25)23-10-8-16(9-11-23)24-18-5-3-2-4-14(18)13-28-21(24)26/h2-7,12,16H,8-11,13,22H2,1H3. The fourth-order valence-corrected chi connectivity index (χ4v) is 3.90. The van der Waals surface area contributed by atoms with Crippen molar-refractivity contribution in [1.29, 1.82) is 0 Å². The van der Waals surface area contributed by atoms with Gasteiger partial charge in [-0.15, -0.1) is 0 Å². The van der Waals surface area contributed by atoms with Crippen molar-refractivity contribution in [2.45, 2.75) is 25.5 Å².